The molecule has 0 aliphatic carbocycles. The maximum atomic E-state index is 11.2. The van der Waals surface area contributed by atoms with E-state index in [-0.39, 0.29) is 19.0 Å². The molecule has 1 atom stereocenters. The van der Waals surface area contributed by atoms with Crippen molar-refractivity contribution >= 4 is 23.2 Å². The fourth-order valence-corrected chi connectivity index (χ4v) is 2.38. The predicted octanol–water partition coefficient (Wildman–Crippen LogP) is 0.133. The van der Waals surface area contributed by atoms with Crippen LogP contribution in [0, 0.1) is 0 Å². The van der Waals surface area contributed by atoms with Crippen LogP contribution in [0.5, 0.6) is 0 Å². The monoisotopic (exact) mass is 240 g/mol. The number of hydrogen-bond donors (Lipinski definition) is 2. The van der Waals surface area contributed by atoms with Crippen LogP contribution in [0.15, 0.2) is 16.8 Å². The highest BCUT2D eigenvalue weighted by Gasteiger charge is 2.31. The number of amides is 1. The molecule has 0 aromatic carbocycles. The second kappa shape index (κ2) is 4.63. The normalized spacial score (nSPS) is 21.8. The van der Waals surface area contributed by atoms with Crippen LogP contribution in [0.4, 0.5) is 0 Å². The fraction of sp³-hybridized carbons (Fsp3) is 0.400. The van der Waals surface area contributed by atoms with E-state index in [1.807, 2.05) is 16.8 Å². The third-order valence-electron chi connectivity index (χ3n) is 2.53. The number of carbonyl (C=O) groups excluding carboxylic acids is 1. The Morgan fingerprint density at radius 1 is 1.69 bits per heavy atom. The van der Waals surface area contributed by atoms with E-state index >= 15 is 0 Å². The van der Waals surface area contributed by atoms with Crippen molar-refractivity contribution in [3.05, 3.63) is 22.4 Å². The first-order chi connectivity index (χ1) is 7.66. The van der Waals surface area contributed by atoms with Crippen molar-refractivity contribution in [1.29, 1.82) is 0 Å². The molecule has 1 amide bonds. The van der Waals surface area contributed by atoms with Gasteiger partial charge in [0.05, 0.1) is 6.54 Å². The number of rotatable bonds is 3. The van der Waals surface area contributed by atoms with Gasteiger partial charge in [0.1, 0.15) is 6.04 Å². The number of nitrogens with one attached hydrogen (secondary N) is 1. The molecular weight excluding hydrogens is 228 g/mol. The van der Waals surface area contributed by atoms with Crippen molar-refractivity contribution in [1.82, 2.24) is 10.2 Å². The van der Waals surface area contributed by atoms with Gasteiger partial charge in [-0.1, -0.05) is 0 Å². The molecule has 1 unspecified atom stereocenters. The van der Waals surface area contributed by atoms with Crippen LogP contribution in [-0.2, 0) is 16.1 Å². The largest absolute Gasteiger partial charge is 0.480 e. The van der Waals surface area contributed by atoms with Crippen LogP contribution in [0.3, 0.4) is 0 Å². The molecule has 1 aliphatic rings. The van der Waals surface area contributed by atoms with E-state index in [2.05, 4.69) is 5.32 Å². The summed E-state index contributed by atoms with van der Waals surface area (Å²) in [6.45, 7) is 0.832. The highest BCUT2D eigenvalue weighted by atomic mass is 32.1. The van der Waals surface area contributed by atoms with Gasteiger partial charge >= 0.3 is 5.97 Å². The lowest BCUT2D eigenvalue weighted by Gasteiger charge is -2.32. The zero-order chi connectivity index (χ0) is 11.5. The lowest BCUT2D eigenvalue weighted by atomic mass is 10.1. The smallest absolute Gasteiger partial charge is 0.322 e. The van der Waals surface area contributed by atoms with Gasteiger partial charge in [-0.3, -0.25) is 14.5 Å². The van der Waals surface area contributed by atoms with Crippen LogP contribution < -0.4 is 5.32 Å². The molecular formula is C10H12N2O3S. The first-order valence-corrected chi connectivity index (χ1v) is 5.85. The minimum atomic E-state index is -0.893. The summed E-state index contributed by atoms with van der Waals surface area (Å²) in [7, 11) is 0. The molecule has 2 rings (SSSR count). The summed E-state index contributed by atoms with van der Waals surface area (Å²) in [5.41, 5.74) is 1.05. The van der Waals surface area contributed by atoms with Gasteiger partial charge in [-0.2, -0.15) is 11.3 Å². The lowest BCUT2D eigenvalue weighted by molar-refractivity contribution is -0.146. The predicted molar refractivity (Wildman–Crippen MR) is 59.2 cm³/mol. The van der Waals surface area contributed by atoms with E-state index in [9.17, 15) is 9.59 Å². The van der Waals surface area contributed by atoms with Crippen molar-refractivity contribution in [2.45, 2.75) is 12.6 Å². The second-order valence-corrected chi connectivity index (χ2v) is 4.47. The average Bonchev–Trinajstić information content (AvgIpc) is 2.70. The van der Waals surface area contributed by atoms with Gasteiger partial charge in [0.15, 0.2) is 0 Å². The van der Waals surface area contributed by atoms with E-state index in [4.69, 9.17) is 5.11 Å². The summed E-state index contributed by atoms with van der Waals surface area (Å²) in [6, 6.07) is 1.31. The van der Waals surface area contributed by atoms with Crippen molar-refractivity contribution in [3.8, 4) is 0 Å². The zero-order valence-electron chi connectivity index (χ0n) is 8.55. The Morgan fingerprint density at radius 3 is 3.12 bits per heavy atom. The summed E-state index contributed by atoms with van der Waals surface area (Å²) in [6.07, 6.45) is 0. The van der Waals surface area contributed by atoms with Crippen molar-refractivity contribution < 1.29 is 14.7 Å². The maximum Gasteiger partial charge on any atom is 0.322 e. The number of carbonyl (C=O) groups is 2. The Morgan fingerprint density at radius 2 is 2.50 bits per heavy atom. The fourth-order valence-electron chi connectivity index (χ4n) is 1.72. The molecule has 5 nitrogen and oxygen atoms in total. The van der Waals surface area contributed by atoms with Gasteiger partial charge in [0.2, 0.25) is 5.91 Å². The lowest BCUT2D eigenvalue weighted by Crippen LogP contribution is -2.56. The molecule has 0 bridgehead atoms. The molecule has 0 spiro atoms. The summed E-state index contributed by atoms with van der Waals surface area (Å²) in [5, 5.41) is 15.5. The van der Waals surface area contributed by atoms with Crippen LogP contribution >= 0.6 is 11.3 Å². The van der Waals surface area contributed by atoms with Gasteiger partial charge in [-0.05, 0) is 22.4 Å². The minimum Gasteiger partial charge on any atom is -0.480 e. The highest BCUT2D eigenvalue weighted by molar-refractivity contribution is 7.07. The molecule has 2 N–H and O–H groups in total. The molecule has 2 heterocycles. The average molecular weight is 240 g/mol. The molecule has 6 heteroatoms. The standard InChI is InChI=1S/C10H12N2O3S/c13-9-5-12(4-7-1-2-16-6-7)8(3-11-9)10(14)15/h1-2,6,8H,3-5H2,(H,11,13)(H,14,15). The molecule has 0 radical (unpaired) electrons. The van der Waals surface area contributed by atoms with Crippen molar-refractivity contribution in [3.63, 3.8) is 0 Å². The molecule has 16 heavy (non-hydrogen) atoms. The van der Waals surface area contributed by atoms with Crippen LogP contribution in [0.25, 0.3) is 0 Å². The molecule has 0 saturated carbocycles. The summed E-state index contributed by atoms with van der Waals surface area (Å²) >= 11 is 1.56. The number of piperazine rings is 1. The zero-order valence-corrected chi connectivity index (χ0v) is 9.37. The summed E-state index contributed by atoms with van der Waals surface area (Å²) < 4.78 is 0. The van der Waals surface area contributed by atoms with E-state index in [1.54, 1.807) is 16.2 Å². The number of nitrogens with zero attached hydrogens (tertiary/aromatic N) is 1. The van der Waals surface area contributed by atoms with Gasteiger partial charge in [0, 0.05) is 13.1 Å². The Bertz CT molecular complexity index is 391. The molecule has 86 valence electrons. The number of carboxylic acid groups (broad SMARTS) is 1. The van der Waals surface area contributed by atoms with E-state index < -0.39 is 12.0 Å². The quantitative estimate of drug-likeness (QED) is 0.788. The van der Waals surface area contributed by atoms with Crippen molar-refractivity contribution in [2.24, 2.45) is 0 Å². The maximum absolute atomic E-state index is 11.2. The topological polar surface area (TPSA) is 69.6 Å². The van der Waals surface area contributed by atoms with Gasteiger partial charge in [0.25, 0.3) is 0 Å². The van der Waals surface area contributed by atoms with E-state index in [0.29, 0.717) is 6.54 Å². The molecule has 1 aromatic heterocycles. The third kappa shape index (κ3) is 2.40. The van der Waals surface area contributed by atoms with Crippen molar-refractivity contribution in [2.75, 3.05) is 13.1 Å². The van der Waals surface area contributed by atoms with E-state index in [1.165, 1.54) is 0 Å². The molecule has 1 aromatic rings. The first kappa shape index (κ1) is 11.1. The Labute approximate surface area is 96.7 Å². The second-order valence-electron chi connectivity index (χ2n) is 3.69. The Kier molecular flexibility index (Phi) is 3.21. The summed E-state index contributed by atoms with van der Waals surface area (Å²) in [4.78, 5) is 23.9. The SMILES string of the molecule is O=C1CN(Cc2ccsc2)C(C(=O)O)CN1. The third-order valence-corrected chi connectivity index (χ3v) is 3.26. The Balaban J connectivity index is 2.08. The molecule has 1 fully saturated rings. The number of aliphatic carboxylic acids is 1. The molecule has 1 aliphatic heterocycles. The van der Waals surface area contributed by atoms with Crippen LogP contribution in [-0.4, -0.2) is 41.0 Å². The number of hydrogen-bond acceptors (Lipinski definition) is 4. The Hall–Kier alpha value is -1.40. The first-order valence-electron chi connectivity index (χ1n) is 4.91. The van der Waals surface area contributed by atoms with Crippen LogP contribution in [0.2, 0.25) is 0 Å². The van der Waals surface area contributed by atoms with E-state index in [0.717, 1.165) is 5.56 Å². The minimum absolute atomic E-state index is 0.118. The van der Waals surface area contributed by atoms with Gasteiger partial charge < -0.3 is 10.4 Å². The van der Waals surface area contributed by atoms with Gasteiger partial charge in [-0.15, -0.1) is 0 Å². The number of thiophene rings is 1. The van der Waals surface area contributed by atoms with Gasteiger partial charge in [-0.25, -0.2) is 0 Å². The number of carboxylic acids is 1. The summed E-state index contributed by atoms with van der Waals surface area (Å²) in [5.74, 6) is -1.01. The molecule has 1 saturated heterocycles. The highest BCUT2D eigenvalue weighted by Crippen LogP contribution is 2.13. The van der Waals surface area contributed by atoms with Crippen LogP contribution in [0.1, 0.15) is 5.56 Å².